The number of carboxylic acids is 1. The van der Waals surface area contributed by atoms with Crippen molar-refractivity contribution in [1.82, 2.24) is 9.88 Å². The molecule has 4 nitrogen and oxygen atoms in total. The highest BCUT2D eigenvalue weighted by molar-refractivity contribution is 5.72. The first kappa shape index (κ1) is 18.4. The summed E-state index contributed by atoms with van der Waals surface area (Å²) in [6.45, 7) is 3.23. The summed E-state index contributed by atoms with van der Waals surface area (Å²) >= 11 is 0. The fourth-order valence-electron chi connectivity index (χ4n) is 3.53. The summed E-state index contributed by atoms with van der Waals surface area (Å²) < 4.78 is 37.8. The molecular weight excluding hydrogens is 345 g/mol. The molecule has 0 amide bonds. The molecule has 1 aliphatic heterocycles. The van der Waals surface area contributed by atoms with E-state index in [4.69, 9.17) is 0 Å². The van der Waals surface area contributed by atoms with Gasteiger partial charge in [-0.25, -0.2) is 0 Å². The smallest absolute Gasteiger partial charge is 0.433 e. The molecule has 1 saturated heterocycles. The minimum absolute atomic E-state index is 0.142. The van der Waals surface area contributed by atoms with Crippen LogP contribution in [0.1, 0.15) is 28.3 Å². The van der Waals surface area contributed by atoms with Crippen molar-refractivity contribution in [2.24, 2.45) is 5.92 Å². The number of carboxylic acid groups (broad SMARTS) is 1. The van der Waals surface area contributed by atoms with Crippen LogP contribution in [-0.4, -0.2) is 34.0 Å². The average Bonchev–Trinajstić information content (AvgIpc) is 2.99. The van der Waals surface area contributed by atoms with Gasteiger partial charge in [0.2, 0.25) is 0 Å². The highest BCUT2D eigenvalue weighted by Crippen LogP contribution is 2.35. The third-order valence-electron chi connectivity index (χ3n) is 4.82. The first-order valence-corrected chi connectivity index (χ1v) is 8.28. The number of nitrogens with zero attached hydrogens (tertiary/aromatic N) is 2. The first-order valence-electron chi connectivity index (χ1n) is 8.28. The van der Waals surface area contributed by atoms with E-state index in [1.54, 1.807) is 0 Å². The summed E-state index contributed by atoms with van der Waals surface area (Å²) in [6, 6.07) is 10.1. The fourth-order valence-corrected chi connectivity index (χ4v) is 3.53. The highest BCUT2D eigenvalue weighted by atomic mass is 19.4. The molecule has 138 valence electrons. The van der Waals surface area contributed by atoms with E-state index >= 15 is 0 Å². The number of benzene rings is 1. The molecule has 0 unspecified atom stereocenters. The Labute approximate surface area is 149 Å². The zero-order valence-electron chi connectivity index (χ0n) is 14.2. The quantitative estimate of drug-likeness (QED) is 0.899. The van der Waals surface area contributed by atoms with Crippen LogP contribution in [-0.2, 0) is 17.5 Å². The summed E-state index contributed by atoms with van der Waals surface area (Å²) in [4.78, 5) is 17.1. The number of pyridine rings is 1. The van der Waals surface area contributed by atoms with Crippen LogP contribution in [0.2, 0.25) is 0 Å². The Morgan fingerprint density at radius 1 is 1.23 bits per heavy atom. The normalized spacial score (nSPS) is 21.1. The SMILES string of the molecule is Cc1ccccc1[C@@H]1CN(Cc2ccc(C(F)(F)F)nc2)C[C@H]1C(=O)O. The average molecular weight is 364 g/mol. The van der Waals surface area contributed by atoms with Crippen LogP contribution in [0, 0.1) is 12.8 Å². The molecule has 2 aromatic rings. The lowest BCUT2D eigenvalue weighted by atomic mass is 9.86. The number of aromatic nitrogens is 1. The van der Waals surface area contributed by atoms with E-state index in [-0.39, 0.29) is 5.92 Å². The van der Waals surface area contributed by atoms with E-state index in [0.29, 0.717) is 25.2 Å². The minimum Gasteiger partial charge on any atom is -0.481 e. The second-order valence-electron chi connectivity index (χ2n) is 6.65. The Morgan fingerprint density at radius 2 is 1.96 bits per heavy atom. The molecule has 0 aliphatic carbocycles. The fraction of sp³-hybridized carbons (Fsp3) is 0.368. The summed E-state index contributed by atoms with van der Waals surface area (Å²) in [5.74, 6) is -1.54. The standard InChI is InChI=1S/C19H19F3N2O2/c1-12-4-2-3-5-14(12)15-10-24(11-16(15)18(25)26)9-13-6-7-17(23-8-13)19(20,21)22/h2-8,15-16H,9-11H2,1H3,(H,25,26)/t15-,16+/m0/s1. The number of likely N-dealkylation sites (tertiary alicyclic amines) is 1. The van der Waals surface area contributed by atoms with E-state index in [0.717, 1.165) is 17.2 Å². The van der Waals surface area contributed by atoms with Crippen molar-refractivity contribution in [1.29, 1.82) is 0 Å². The molecule has 1 aromatic carbocycles. The number of aryl methyl sites for hydroxylation is 1. The van der Waals surface area contributed by atoms with Gasteiger partial charge in [-0.15, -0.1) is 0 Å². The number of halogens is 3. The molecule has 2 heterocycles. The zero-order valence-corrected chi connectivity index (χ0v) is 14.2. The summed E-state index contributed by atoms with van der Waals surface area (Å²) in [5.41, 5.74) is 1.76. The van der Waals surface area contributed by atoms with Gasteiger partial charge in [0.05, 0.1) is 5.92 Å². The maximum Gasteiger partial charge on any atom is 0.433 e. The van der Waals surface area contributed by atoms with Crippen LogP contribution in [0.3, 0.4) is 0 Å². The van der Waals surface area contributed by atoms with Crippen molar-refractivity contribution in [3.05, 3.63) is 65.0 Å². The highest BCUT2D eigenvalue weighted by Gasteiger charge is 2.39. The third kappa shape index (κ3) is 3.88. The summed E-state index contributed by atoms with van der Waals surface area (Å²) in [7, 11) is 0. The molecule has 26 heavy (non-hydrogen) atoms. The number of hydrogen-bond donors (Lipinski definition) is 1. The minimum atomic E-state index is -4.46. The van der Waals surface area contributed by atoms with Gasteiger partial charge in [-0.2, -0.15) is 13.2 Å². The summed E-state index contributed by atoms with van der Waals surface area (Å²) in [5, 5.41) is 9.58. The number of aliphatic carboxylic acids is 1. The second-order valence-corrected chi connectivity index (χ2v) is 6.65. The summed E-state index contributed by atoms with van der Waals surface area (Å²) in [6.07, 6.45) is -3.25. The van der Waals surface area contributed by atoms with Crippen molar-refractivity contribution in [2.45, 2.75) is 25.6 Å². The molecule has 3 rings (SSSR count). The molecule has 7 heteroatoms. The van der Waals surface area contributed by atoms with E-state index in [1.165, 1.54) is 12.3 Å². The van der Waals surface area contributed by atoms with E-state index in [1.807, 2.05) is 36.1 Å². The second kappa shape index (κ2) is 7.07. The van der Waals surface area contributed by atoms with Crippen LogP contribution < -0.4 is 0 Å². The Balaban J connectivity index is 1.76. The Morgan fingerprint density at radius 3 is 2.54 bits per heavy atom. The van der Waals surface area contributed by atoms with Crippen molar-refractivity contribution in [3.8, 4) is 0 Å². The Hall–Kier alpha value is -2.41. The predicted molar refractivity (Wildman–Crippen MR) is 89.6 cm³/mol. The van der Waals surface area contributed by atoms with Gasteiger partial charge in [0.25, 0.3) is 0 Å². The largest absolute Gasteiger partial charge is 0.481 e. The third-order valence-corrected chi connectivity index (χ3v) is 4.82. The molecule has 1 N–H and O–H groups in total. The van der Waals surface area contributed by atoms with E-state index in [2.05, 4.69) is 4.98 Å². The monoisotopic (exact) mass is 364 g/mol. The van der Waals surface area contributed by atoms with Gasteiger partial charge in [0.1, 0.15) is 5.69 Å². The van der Waals surface area contributed by atoms with Gasteiger partial charge >= 0.3 is 12.1 Å². The molecule has 1 fully saturated rings. The van der Waals surface area contributed by atoms with Crippen LogP contribution in [0.25, 0.3) is 0 Å². The topological polar surface area (TPSA) is 53.4 Å². The lowest BCUT2D eigenvalue weighted by molar-refractivity contribution is -0.142. The lowest BCUT2D eigenvalue weighted by Gasteiger charge is -2.18. The molecule has 0 saturated carbocycles. The molecule has 1 aliphatic rings. The zero-order chi connectivity index (χ0) is 18.9. The van der Waals surface area contributed by atoms with Gasteiger partial charge < -0.3 is 5.11 Å². The number of rotatable bonds is 4. The molecule has 2 atom stereocenters. The molecule has 0 radical (unpaired) electrons. The Kier molecular flexibility index (Phi) is 5.00. The molecule has 0 bridgehead atoms. The van der Waals surface area contributed by atoms with Crippen LogP contribution in [0.4, 0.5) is 13.2 Å². The maximum absolute atomic E-state index is 12.6. The lowest BCUT2D eigenvalue weighted by Crippen LogP contribution is -2.23. The molecular formula is C19H19F3N2O2. The first-order chi connectivity index (χ1) is 12.3. The predicted octanol–water partition coefficient (Wildman–Crippen LogP) is 3.71. The van der Waals surface area contributed by atoms with Crippen LogP contribution in [0.5, 0.6) is 0 Å². The maximum atomic E-state index is 12.6. The van der Waals surface area contributed by atoms with Gasteiger partial charge in [-0.05, 0) is 29.7 Å². The van der Waals surface area contributed by atoms with Crippen molar-refractivity contribution >= 4 is 5.97 Å². The van der Waals surface area contributed by atoms with Crippen molar-refractivity contribution < 1.29 is 23.1 Å². The molecule has 1 aromatic heterocycles. The molecule has 0 spiro atoms. The van der Waals surface area contributed by atoms with Crippen LogP contribution in [0.15, 0.2) is 42.6 Å². The Bertz CT molecular complexity index is 790. The van der Waals surface area contributed by atoms with Gasteiger partial charge in [0, 0.05) is 31.7 Å². The van der Waals surface area contributed by atoms with Crippen molar-refractivity contribution in [2.75, 3.05) is 13.1 Å². The number of hydrogen-bond acceptors (Lipinski definition) is 3. The van der Waals surface area contributed by atoms with Gasteiger partial charge in [-0.3, -0.25) is 14.7 Å². The van der Waals surface area contributed by atoms with Gasteiger partial charge in [-0.1, -0.05) is 30.3 Å². The number of alkyl halides is 3. The van der Waals surface area contributed by atoms with E-state index < -0.39 is 23.8 Å². The van der Waals surface area contributed by atoms with Crippen molar-refractivity contribution in [3.63, 3.8) is 0 Å². The number of carbonyl (C=O) groups is 1. The van der Waals surface area contributed by atoms with Gasteiger partial charge in [0.15, 0.2) is 0 Å². The van der Waals surface area contributed by atoms with E-state index in [9.17, 15) is 23.1 Å². The van der Waals surface area contributed by atoms with Crippen LogP contribution >= 0.6 is 0 Å².